The Morgan fingerprint density at radius 2 is 2.19 bits per heavy atom. The fraction of sp³-hybridized carbons (Fsp3) is 0.455. The van der Waals surface area contributed by atoms with E-state index in [9.17, 15) is 14.0 Å². The SMILES string of the molecule is NC(=O)[C@H]1[C@H]2C[C@H]3[C@H]1Nc1nc(ncc1F)Nc1ccc4c(c1)N(CC4)C(=O)CS[C@@H]3C2. The Morgan fingerprint density at radius 1 is 1.31 bits per heavy atom. The summed E-state index contributed by atoms with van der Waals surface area (Å²) in [5.74, 6) is -0.330. The van der Waals surface area contributed by atoms with Crippen LogP contribution in [-0.2, 0) is 16.0 Å². The maximum Gasteiger partial charge on any atom is 0.237 e. The summed E-state index contributed by atoms with van der Waals surface area (Å²) in [5, 5.41) is 6.51. The molecule has 2 aliphatic carbocycles. The van der Waals surface area contributed by atoms with Gasteiger partial charge in [0.2, 0.25) is 17.8 Å². The number of hydrogen-bond donors (Lipinski definition) is 3. The number of nitrogens with two attached hydrogens (primary N) is 1. The van der Waals surface area contributed by atoms with E-state index in [-0.39, 0.29) is 52.6 Å². The van der Waals surface area contributed by atoms with Gasteiger partial charge in [0.05, 0.1) is 17.9 Å². The predicted molar refractivity (Wildman–Crippen MR) is 120 cm³/mol. The van der Waals surface area contributed by atoms with E-state index in [0.29, 0.717) is 12.3 Å². The average molecular weight is 455 g/mol. The van der Waals surface area contributed by atoms with Crippen molar-refractivity contribution in [3.05, 3.63) is 35.8 Å². The van der Waals surface area contributed by atoms with Crippen LogP contribution in [0.15, 0.2) is 24.4 Å². The minimum Gasteiger partial charge on any atom is -0.369 e. The van der Waals surface area contributed by atoms with Crippen molar-refractivity contribution in [1.29, 1.82) is 0 Å². The van der Waals surface area contributed by atoms with E-state index in [1.807, 2.05) is 23.1 Å². The molecule has 2 saturated carbocycles. The van der Waals surface area contributed by atoms with Crippen LogP contribution in [0.4, 0.5) is 27.5 Å². The van der Waals surface area contributed by atoms with Crippen molar-refractivity contribution in [3.8, 4) is 0 Å². The number of anilines is 4. The van der Waals surface area contributed by atoms with Crippen molar-refractivity contribution in [2.75, 3.05) is 27.8 Å². The van der Waals surface area contributed by atoms with Crippen LogP contribution in [0.1, 0.15) is 18.4 Å². The number of benzene rings is 1. The van der Waals surface area contributed by atoms with Gasteiger partial charge >= 0.3 is 0 Å². The van der Waals surface area contributed by atoms with Gasteiger partial charge in [-0.25, -0.2) is 9.37 Å². The lowest BCUT2D eigenvalue weighted by atomic mass is 9.83. The molecule has 0 radical (unpaired) electrons. The summed E-state index contributed by atoms with van der Waals surface area (Å²) >= 11 is 1.64. The number of nitrogens with zero attached hydrogens (tertiary/aromatic N) is 3. The summed E-state index contributed by atoms with van der Waals surface area (Å²) in [6.45, 7) is 0.667. The van der Waals surface area contributed by atoms with Crippen LogP contribution in [0.5, 0.6) is 0 Å². The zero-order valence-corrected chi connectivity index (χ0v) is 18.1. The van der Waals surface area contributed by atoms with Gasteiger partial charge < -0.3 is 21.3 Å². The third-order valence-corrected chi connectivity index (χ3v) is 8.66. The van der Waals surface area contributed by atoms with Gasteiger partial charge in [-0.15, -0.1) is 11.8 Å². The first-order valence-corrected chi connectivity index (χ1v) is 11.9. The molecular weight excluding hydrogens is 431 g/mol. The molecule has 2 fully saturated rings. The van der Waals surface area contributed by atoms with Gasteiger partial charge in [-0.1, -0.05) is 6.07 Å². The van der Waals surface area contributed by atoms with Gasteiger partial charge in [0.25, 0.3) is 0 Å². The standard InChI is InChI=1S/C22H23FN6O2S/c23-14-8-25-22-26-12-2-1-10-3-4-29(15(10)7-12)17(30)9-32-16-6-11-5-13(16)19(18(11)20(24)31)27-21(14)28-22/h1-2,7-8,11,13,16,18-19H,3-6,9H2,(H2,24,31)(H2,25,26,27,28)/t11-,13+,16+,18-,19+/m0/s1. The molecule has 0 saturated heterocycles. The number of fused-ring (bicyclic) bond motifs is 4. The Morgan fingerprint density at radius 3 is 3.03 bits per heavy atom. The van der Waals surface area contributed by atoms with Crippen LogP contribution >= 0.6 is 11.8 Å². The Labute approximate surface area is 188 Å². The number of carbonyl (C=O) groups excluding carboxylic acids is 2. The van der Waals surface area contributed by atoms with Crippen LogP contribution in [0.2, 0.25) is 0 Å². The summed E-state index contributed by atoms with van der Waals surface area (Å²) in [7, 11) is 0. The van der Waals surface area contributed by atoms with Gasteiger partial charge in [-0.2, -0.15) is 4.98 Å². The van der Waals surface area contributed by atoms with Gasteiger partial charge in [0, 0.05) is 29.2 Å². The van der Waals surface area contributed by atoms with Gasteiger partial charge in [0.1, 0.15) is 0 Å². The van der Waals surface area contributed by atoms with Crippen LogP contribution in [-0.4, -0.2) is 45.4 Å². The number of nitrogens with one attached hydrogen (secondary N) is 2. The number of hydrogen-bond acceptors (Lipinski definition) is 7. The molecule has 0 unspecified atom stereocenters. The number of rotatable bonds is 1. The molecule has 2 aliphatic heterocycles. The zero-order chi connectivity index (χ0) is 22.0. The Kier molecular flexibility index (Phi) is 4.53. The topological polar surface area (TPSA) is 113 Å². The minimum absolute atomic E-state index is 0.0591. The second-order valence-electron chi connectivity index (χ2n) is 9.00. The third kappa shape index (κ3) is 3.11. The molecule has 10 heteroatoms. The van der Waals surface area contributed by atoms with E-state index < -0.39 is 5.82 Å². The molecule has 3 heterocycles. The van der Waals surface area contributed by atoms with Crippen molar-refractivity contribution in [1.82, 2.24) is 9.97 Å². The molecule has 2 aromatic rings. The lowest BCUT2D eigenvalue weighted by Gasteiger charge is -2.35. The molecule has 5 atom stereocenters. The molecule has 8 nitrogen and oxygen atoms in total. The first-order chi connectivity index (χ1) is 15.5. The lowest BCUT2D eigenvalue weighted by molar-refractivity contribution is -0.123. The van der Waals surface area contributed by atoms with Crippen molar-refractivity contribution < 1.29 is 14.0 Å². The monoisotopic (exact) mass is 454 g/mol. The molecule has 6 bridgehead atoms. The lowest BCUT2D eigenvalue weighted by Crippen LogP contribution is -2.46. The number of thioether (sulfide) groups is 1. The molecule has 6 rings (SSSR count). The third-order valence-electron chi connectivity index (χ3n) is 7.28. The fourth-order valence-electron chi connectivity index (χ4n) is 5.89. The van der Waals surface area contributed by atoms with E-state index in [2.05, 4.69) is 20.6 Å². The molecule has 32 heavy (non-hydrogen) atoms. The number of amides is 2. The molecule has 166 valence electrons. The van der Waals surface area contributed by atoms with Gasteiger partial charge in [0.15, 0.2) is 11.6 Å². The largest absolute Gasteiger partial charge is 0.369 e. The van der Waals surface area contributed by atoms with Crippen LogP contribution < -0.4 is 21.3 Å². The molecule has 1 aromatic heterocycles. The van der Waals surface area contributed by atoms with Gasteiger partial charge in [-0.05, 0) is 48.8 Å². The molecule has 4 aliphatic rings. The van der Waals surface area contributed by atoms with Crippen LogP contribution in [0.25, 0.3) is 0 Å². The Hall–Kier alpha value is -2.88. The van der Waals surface area contributed by atoms with Crippen molar-refractivity contribution >= 4 is 46.7 Å². The first kappa shape index (κ1) is 19.8. The highest BCUT2D eigenvalue weighted by Crippen LogP contribution is 2.53. The normalized spacial score (nSPS) is 30.3. The summed E-state index contributed by atoms with van der Waals surface area (Å²) < 4.78 is 14.6. The van der Waals surface area contributed by atoms with Crippen LogP contribution in [0.3, 0.4) is 0 Å². The van der Waals surface area contributed by atoms with Crippen LogP contribution in [0, 0.1) is 23.6 Å². The van der Waals surface area contributed by atoms with E-state index >= 15 is 0 Å². The average Bonchev–Trinajstić information content (AvgIpc) is 3.46. The quantitative estimate of drug-likeness (QED) is 0.606. The highest BCUT2D eigenvalue weighted by Gasteiger charge is 2.55. The second-order valence-corrected chi connectivity index (χ2v) is 10.2. The fourth-order valence-corrected chi connectivity index (χ4v) is 7.31. The van der Waals surface area contributed by atoms with E-state index in [1.165, 1.54) is 0 Å². The van der Waals surface area contributed by atoms with Crippen molar-refractivity contribution in [3.63, 3.8) is 0 Å². The Bertz CT molecular complexity index is 1130. The molecule has 2 amide bonds. The first-order valence-electron chi connectivity index (χ1n) is 10.9. The van der Waals surface area contributed by atoms with Crippen molar-refractivity contribution in [2.24, 2.45) is 23.5 Å². The number of aromatic nitrogens is 2. The number of primary amides is 1. The van der Waals surface area contributed by atoms with E-state index in [4.69, 9.17) is 5.73 Å². The highest BCUT2D eigenvalue weighted by molar-refractivity contribution is 8.00. The molecule has 0 spiro atoms. The summed E-state index contributed by atoms with van der Waals surface area (Å²) in [6, 6.07) is 5.51. The molecular formula is C22H23FN6O2S. The predicted octanol–water partition coefficient (Wildman–Crippen LogP) is 2.29. The van der Waals surface area contributed by atoms with Crippen molar-refractivity contribution in [2.45, 2.75) is 30.6 Å². The maximum atomic E-state index is 14.6. The number of halogens is 1. The van der Waals surface area contributed by atoms with E-state index in [1.54, 1.807) is 11.8 Å². The summed E-state index contributed by atoms with van der Waals surface area (Å²) in [6.07, 6.45) is 3.62. The zero-order valence-electron chi connectivity index (χ0n) is 17.3. The molecule has 1 aromatic carbocycles. The second kappa shape index (κ2) is 7.33. The smallest absolute Gasteiger partial charge is 0.237 e. The van der Waals surface area contributed by atoms with E-state index in [0.717, 1.165) is 42.4 Å². The Balaban J connectivity index is 1.41. The minimum atomic E-state index is -0.578. The highest BCUT2D eigenvalue weighted by atomic mass is 32.2. The molecule has 4 N–H and O–H groups in total. The maximum absolute atomic E-state index is 14.6. The summed E-state index contributed by atoms with van der Waals surface area (Å²) in [5.41, 5.74) is 8.49. The number of carbonyl (C=O) groups is 2. The van der Waals surface area contributed by atoms with Gasteiger partial charge in [-0.3, -0.25) is 9.59 Å². The summed E-state index contributed by atoms with van der Waals surface area (Å²) in [4.78, 5) is 35.6.